The van der Waals surface area contributed by atoms with Gasteiger partial charge in [0.2, 0.25) is 0 Å². The van der Waals surface area contributed by atoms with Crippen LogP contribution in [0.5, 0.6) is 0 Å². The Morgan fingerprint density at radius 3 is 3.00 bits per heavy atom. The largest absolute Gasteiger partial charge is 0.392 e. The summed E-state index contributed by atoms with van der Waals surface area (Å²) in [6.07, 6.45) is 5.69. The maximum atomic E-state index is 10.3. The standard InChI is InChI=1S/C13H19BrOS/c1-9-3-2-4-10(7-9)12(15)8-13-11(14)5-6-16-13/h5-6,9-10,12,15H,2-4,7-8H2,1H3. The van der Waals surface area contributed by atoms with E-state index in [4.69, 9.17) is 0 Å². The molecule has 0 amide bonds. The predicted molar refractivity (Wildman–Crippen MR) is 72.9 cm³/mol. The van der Waals surface area contributed by atoms with Crippen LogP contribution in [0.3, 0.4) is 0 Å². The Bertz CT molecular complexity index is 336. The SMILES string of the molecule is CC1CCCC(C(O)Cc2sccc2Br)C1. The van der Waals surface area contributed by atoms with E-state index in [1.54, 1.807) is 11.3 Å². The van der Waals surface area contributed by atoms with Gasteiger partial charge in [0.05, 0.1) is 6.10 Å². The molecule has 1 saturated carbocycles. The van der Waals surface area contributed by atoms with Crippen molar-refractivity contribution in [2.75, 3.05) is 0 Å². The number of thiophene rings is 1. The van der Waals surface area contributed by atoms with Crippen molar-refractivity contribution in [2.45, 2.75) is 45.1 Å². The molecule has 0 aliphatic heterocycles. The van der Waals surface area contributed by atoms with Crippen molar-refractivity contribution < 1.29 is 5.11 Å². The van der Waals surface area contributed by atoms with Crippen LogP contribution in [0.25, 0.3) is 0 Å². The van der Waals surface area contributed by atoms with Gasteiger partial charge in [-0.15, -0.1) is 11.3 Å². The molecule has 0 spiro atoms. The molecule has 2 rings (SSSR count). The number of rotatable bonds is 3. The zero-order valence-electron chi connectivity index (χ0n) is 9.66. The van der Waals surface area contributed by atoms with E-state index in [0.29, 0.717) is 5.92 Å². The van der Waals surface area contributed by atoms with Crippen LogP contribution in [0.1, 0.15) is 37.5 Å². The van der Waals surface area contributed by atoms with Gasteiger partial charge in [-0.25, -0.2) is 0 Å². The number of aliphatic hydroxyl groups is 1. The van der Waals surface area contributed by atoms with Crippen molar-refractivity contribution in [3.8, 4) is 0 Å². The summed E-state index contributed by atoms with van der Waals surface area (Å²) >= 11 is 5.27. The van der Waals surface area contributed by atoms with E-state index in [9.17, 15) is 5.11 Å². The molecule has 1 heterocycles. The second kappa shape index (κ2) is 5.65. The molecule has 1 aliphatic carbocycles. The van der Waals surface area contributed by atoms with Crippen molar-refractivity contribution in [1.82, 2.24) is 0 Å². The molecule has 3 heteroatoms. The number of halogens is 1. The van der Waals surface area contributed by atoms with Crippen molar-refractivity contribution >= 4 is 27.3 Å². The summed E-state index contributed by atoms with van der Waals surface area (Å²) < 4.78 is 1.15. The summed E-state index contributed by atoms with van der Waals surface area (Å²) in [4.78, 5) is 1.28. The fourth-order valence-corrected chi connectivity index (χ4v) is 4.22. The fraction of sp³-hybridized carbons (Fsp3) is 0.692. The monoisotopic (exact) mass is 302 g/mol. The van der Waals surface area contributed by atoms with Gasteiger partial charge in [-0.2, -0.15) is 0 Å². The Balaban J connectivity index is 1.92. The third kappa shape index (κ3) is 3.08. The molecular weight excluding hydrogens is 284 g/mol. The first-order chi connectivity index (χ1) is 7.66. The van der Waals surface area contributed by atoms with Gasteiger partial charge >= 0.3 is 0 Å². The fourth-order valence-electron chi connectivity index (χ4n) is 2.66. The van der Waals surface area contributed by atoms with Gasteiger partial charge in [0.15, 0.2) is 0 Å². The highest BCUT2D eigenvalue weighted by atomic mass is 79.9. The molecule has 1 N–H and O–H groups in total. The lowest BCUT2D eigenvalue weighted by Gasteiger charge is -2.30. The molecule has 1 aromatic rings. The predicted octanol–water partition coefficient (Wildman–Crippen LogP) is 4.24. The van der Waals surface area contributed by atoms with Crippen LogP contribution < -0.4 is 0 Å². The minimum absolute atomic E-state index is 0.155. The van der Waals surface area contributed by atoms with Crippen LogP contribution in [0.2, 0.25) is 0 Å². The molecule has 0 aromatic carbocycles. The van der Waals surface area contributed by atoms with E-state index < -0.39 is 0 Å². The van der Waals surface area contributed by atoms with Gasteiger partial charge in [-0.05, 0) is 52.1 Å². The molecule has 3 atom stereocenters. The number of hydrogen-bond donors (Lipinski definition) is 1. The Labute approximate surface area is 110 Å². The second-order valence-electron chi connectivity index (χ2n) is 5.00. The first-order valence-electron chi connectivity index (χ1n) is 6.06. The average molecular weight is 303 g/mol. The normalized spacial score (nSPS) is 27.9. The quantitative estimate of drug-likeness (QED) is 0.885. The van der Waals surface area contributed by atoms with Crippen molar-refractivity contribution in [2.24, 2.45) is 11.8 Å². The number of hydrogen-bond acceptors (Lipinski definition) is 2. The van der Waals surface area contributed by atoms with Crippen LogP contribution in [-0.4, -0.2) is 11.2 Å². The molecule has 3 unspecified atom stereocenters. The summed E-state index contributed by atoms with van der Waals surface area (Å²) in [5.74, 6) is 1.30. The zero-order valence-corrected chi connectivity index (χ0v) is 12.1. The third-order valence-electron chi connectivity index (χ3n) is 3.61. The van der Waals surface area contributed by atoms with Crippen LogP contribution in [0.15, 0.2) is 15.9 Å². The Morgan fingerprint density at radius 1 is 1.56 bits per heavy atom. The summed E-state index contributed by atoms with van der Waals surface area (Å²) in [7, 11) is 0. The maximum Gasteiger partial charge on any atom is 0.0617 e. The molecule has 1 nitrogen and oxygen atoms in total. The van der Waals surface area contributed by atoms with Gasteiger partial charge in [0, 0.05) is 15.8 Å². The van der Waals surface area contributed by atoms with Crippen LogP contribution in [0, 0.1) is 11.8 Å². The summed E-state index contributed by atoms with van der Waals surface area (Å²) in [6.45, 7) is 2.31. The average Bonchev–Trinajstić information content (AvgIpc) is 2.64. The molecule has 16 heavy (non-hydrogen) atoms. The minimum Gasteiger partial charge on any atom is -0.392 e. The molecule has 0 bridgehead atoms. The van der Waals surface area contributed by atoms with Gasteiger partial charge in [0.25, 0.3) is 0 Å². The molecule has 0 saturated heterocycles. The lowest BCUT2D eigenvalue weighted by atomic mass is 9.79. The van der Waals surface area contributed by atoms with Crippen molar-refractivity contribution in [3.63, 3.8) is 0 Å². The topological polar surface area (TPSA) is 20.2 Å². The van der Waals surface area contributed by atoms with Crippen LogP contribution >= 0.6 is 27.3 Å². The zero-order chi connectivity index (χ0) is 11.5. The lowest BCUT2D eigenvalue weighted by Crippen LogP contribution is -2.27. The molecule has 90 valence electrons. The van der Waals surface area contributed by atoms with Crippen LogP contribution in [-0.2, 0) is 6.42 Å². The first kappa shape index (κ1) is 12.6. The van der Waals surface area contributed by atoms with Crippen molar-refractivity contribution in [1.29, 1.82) is 0 Å². The van der Waals surface area contributed by atoms with Gasteiger partial charge in [-0.1, -0.05) is 19.8 Å². The molecule has 1 aromatic heterocycles. The van der Waals surface area contributed by atoms with E-state index in [-0.39, 0.29) is 6.10 Å². The first-order valence-corrected chi connectivity index (χ1v) is 7.74. The number of aliphatic hydroxyl groups excluding tert-OH is 1. The summed E-state index contributed by atoms with van der Waals surface area (Å²) in [5, 5.41) is 12.4. The molecule has 0 radical (unpaired) electrons. The third-order valence-corrected chi connectivity index (χ3v) is 5.56. The van der Waals surface area contributed by atoms with E-state index in [2.05, 4.69) is 34.3 Å². The van der Waals surface area contributed by atoms with E-state index >= 15 is 0 Å². The Kier molecular flexibility index (Phi) is 4.45. The van der Waals surface area contributed by atoms with E-state index in [1.807, 2.05) is 0 Å². The van der Waals surface area contributed by atoms with Gasteiger partial charge in [-0.3, -0.25) is 0 Å². The summed E-state index contributed by atoms with van der Waals surface area (Å²) in [5.41, 5.74) is 0. The minimum atomic E-state index is -0.155. The Hall–Kier alpha value is 0.140. The summed E-state index contributed by atoms with van der Waals surface area (Å²) in [6, 6.07) is 2.07. The molecular formula is C13H19BrOS. The highest BCUT2D eigenvalue weighted by Gasteiger charge is 2.25. The smallest absolute Gasteiger partial charge is 0.0617 e. The highest BCUT2D eigenvalue weighted by molar-refractivity contribution is 9.10. The Morgan fingerprint density at radius 2 is 2.38 bits per heavy atom. The van der Waals surface area contributed by atoms with E-state index in [0.717, 1.165) is 16.8 Å². The molecule has 1 aliphatic rings. The van der Waals surface area contributed by atoms with E-state index in [1.165, 1.54) is 30.6 Å². The second-order valence-corrected chi connectivity index (χ2v) is 6.85. The lowest BCUT2D eigenvalue weighted by molar-refractivity contribution is 0.0725. The van der Waals surface area contributed by atoms with Gasteiger partial charge in [0.1, 0.15) is 0 Å². The highest BCUT2D eigenvalue weighted by Crippen LogP contribution is 2.33. The van der Waals surface area contributed by atoms with Crippen LogP contribution in [0.4, 0.5) is 0 Å². The van der Waals surface area contributed by atoms with Gasteiger partial charge < -0.3 is 5.11 Å². The molecule has 1 fully saturated rings. The van der Waals surface area contributed by atoms with Crippen molar-refractivity contribution in [3.05, 3.63) is 20.8 Å². The maximum absolute atomic E-state index is 10.3.